The second-order valence-electron chi connectivity index (χ2n) is 4.84. The minimum atomic E-state index is -0.720. The lowest BCUT2D eigenvalue weighted by Gasteiger charge is -2.06. The summed E-state index contributed by atoms with van der Waals surface area (Å²) >= 11 is 0. The zero-order valence-corrected chi connectivity index (χ0v) is 10.3. The minimum absolute atomic E-state index is 0.343. The Bertz CT molecular complexity index is 595. The third-order valence-corrected chi connectivity index (χ3v) is 3.66. The van der Waals surface area contributed by atoms with Crippen LogP contribution >= 0.6 is 0 Å². The molecule has 0 spiro atoms. The summed E-state index contributed by atoms with van der Waals surface area (Å²) in [5.41, 5.74) is 4.43. The number of carboxylic acids is 1. The van der Waals surface area contributed by atoms with E-state index in [1.165, 1.54) is 5.56 Å². The summed E-state index contributed by atoms with van der Waals surface area (Å²) < 4.78 is 2.13. The number of hydrogen-bond donors (Lipinski definition) is 1. The molecule has 3 heteroatoms. The highest BCUT2D eigenvalue weighted by Crippen LogP contribution is 2.34. The third kappa shape index (κ3) is 1.63. The first-order valence-electron chi connectivity index (χ1n) is 6.16. The first-order valence-corrected chi connectivity index (χ1v) is 6.16. The Morgan fingerprint density at radius 3 is 2.61 bits per heavy atom. The van der Waals surface area contributed by atoms with Crippen LogP contribution in [0, 0.1) is 6.92 Å². The molecule has 1 aliphatic heterocycles. The summed E-state index contributed by atoms with van der Waals surface area (Å²) in [4.78, 5) is 11.1. The molecule has 0 aliphatic carbocycles. The maximum atomic E-state index is 11.1. The molecule has 92 valence electrons. The fourth-order valence-corrected chi connectivity index (χ4v) is 2.67. The highest BCUT2D eigenvalue weighted by Gasteiger charge is 2.30. The van der Waals surface area contributed by atoms with Crippen molar-refractivity contribution < 1.29 is 9.90 Å². The summed E-state index contributed by atoms with van der Waals surface area (Å²) in [6.07, 6.45) is 0.699. The number of benzene rings is 1. The number of rotatable bonds is 2. The fourth-order valence-electron chi connectivity index (χ4n) is 2.67. The summed E-state index contributed by atoms with van der Waals surface area (Å²) in [7, 11) is 0. The van der Waals surface area contributed by atoms with Gasteiger partial charge in [0.25, 0.3) is 0 Å². The normalized spacial score (nSPS) is 17.7. The number of aliphatic carboxylic acids is 1. The number of carboxylic acid groups (broad SMARTS) is 1. The van der Waals surface area contributed by atoms with Crippen molar-refractivity contribution in [1.82, 2.24) is 4.57 Å². The van der Waals surface area contributed by atoms with Crippen LogP contribution in [0.2, 0.25) is 0 Å². The van der Waals surface area contributed by atoms with Crippen molar-refractivity contribution in [2.75, 3.05) is 0 Å². The summed E-state index contributed by atoms with van der Waals surface area (Å²) in [5.74, 6) is -1.06. The molecule has 0 saturated heterocycles. The summed E-state index contributed by atoms with van der Waals surface area (Å²) in [6.45, 7) is 2.86. The first kappa shape index (κ1) is 11.1. The smallest absolute Gasteiger partial charge is 0.312 e. The van der Waals surface area contributed by atoms with Crippen LogP contribution in [-0.4, -0.2) is 15.6 Å². The van der Waals surface area contributed by atoms with E-state index in [4.69, 9.17) is 5.11 Å². The van der Waals surface area contributed by atoms with Gasteiger partial charge in [0, 0.05) is 17.9 Å². The molecule has 1 atom stereocenters. The first-order chi connectivity index (χ1) is 8.66. The number of fused-ring (bicyclic) bond motifs is 1. The Labute approximate surface area is 106 Å². The zero-order chi connectivity index (χ0) is 12.7. The lowest BCUT2D eigenvalue weighted by molar-refractivity contribution is -0.138. The highest BCUT2D eigenvalue weighted by molar-refractivity contribution is 5.77. The molecule has 3 rings (SSSR count). The Morgan fingerprint density at radius 2 is 1.94 bits per heavy atom. The van der Waals surface area contributed by atoms with E-state index < -0.39 is 5.97 Å². The number of aryl methyl sites for hydroxylation is 1. The van der Waals surface area contributed by atoms with E-state index in [0.717, 1.165) is 23.5 Å². The van der Waals surface area contributed by atoms with Crippen molar-refractivity contribution in [3.05, 3.63) is 47.7 Å². The predicted octanol–water partition coefficient (Wildman–Crippen LogP) is 3.04. The van der Waals surface area contributed by atoms with Crippen LogP contribution in [0.25, 0.3) is 11.3 Å². The van der Waals surface area contributed by atoms with E-state index in [9.17, 15) is 4.79 Å². The van der Waals surface area contributed by atoms with Crippen LogP contribution in [-0.2, 0) is 11.3 Å². The van der Waals surface area contributed by atoms with Gasteiger partial charge in [-0.2, -0.15) is 0 Å². The molecule has 18 heavy (non-hydrogen) atoms. The number of nitrogens with zero attached hydrogens (tertiary/aromatic N) is 1. The molecular weight excluding hydrogens is 226 g/mol. The second-order valence-corrected chi connectivity index (χ2v) is 4.84. The molecule has 1 unspecified atom stereocenters. The van der Waals surface area contributed by atoms with Gasteiger partial charge in [0.2, 0.25) is 0 Å². The maximum Gasteiger partial charge on any atom is 0.312 e. The molecule has 0 fully saturated rings. The van der Waals surface area contributed by atoms with Crippen molar-refractivity contribution in [1.29, 1.82) is 0 Å². The van der Waals surface area contributed by atoms with Gasteiger partial charge in [0.1, 0.15) is 0 Å². The van der Waals surface area contributed by atoms with Crippen molar-refractivity contribution in [2.24, 2.45) is 0 Å². The van der Waals surface area contributed by atoms with Crippen molar-refractivity contribution in [3.8, 4) is 11.3 Å². The van der Waals surface area contributed by atoms with Crippen LogP contribution in [0.5, 0.6) is 0 Å². The Kier molecular flexibility index (Phi) is 2.47. The monoisotopic (exact) mass is 241 g/mol. The molecule has 0 bridgehead atoms. The molecule has 1 N–H and O–H groups in total. The summed E-state index contributed by atoms with van der Waals surface area (Å²) in [5, 5.41) is 9.16. The second kappa shape index (κ2) is 4.02. The molecule has 1 aromatic heterocycles. The van der Waals surface area contributed by atoms with Crippen molar-refractivity contribution >= 4 is 5.97 Å². The topological polar surface area (TPSA) is 42.2 Å². The van der Waals surface area contributed by atoms with E-state index in [1.807, 2.05) is 12.1 Å². The van der Waals surface area contributed by atoms with E-state index in [0.29, 0.717) is 6.42 Å². The lowest BCUT2D eigenvalue weighted by atomic mass is 10.1. The Hall–Kier alpha value is -2.03. The maximum absolute atomic E-state index is 11.1. The molecule has 2 aromatic rings. The van der Waals surface area contributed by atoms with E-state index >= 15 is 0 Å². The van der Waals surface area contributed by atoms with E-state index in [1.54, 1.807) is 0 Å². The van der Waals surface area contributed by atoms with Gasteiger partial charge in [-0.05, 0) is 31.0 Å². The van der Waals surface area contributed by atoms with Crippen LogP contribution in [0.15, 0.2) is 36.4 Å². The van der Waals surface area contributed by atoms with Crippen molar-refractivity contribution in [3.63, 3.8) is 0 Å². The van der Waals surface area contributed by atoms with Crippen LogP contribution < -0.4 is 0 Å². The third-order valence-electron chi connectivity index (χ3n) is 3.66. The molecule has 2 heterocycles. The van der Waals surface area contributed by atoms with Crippen LogP contribution in [0.4, 0.5) is 0 Å². The van der Waals surface area contributed by atoms with Crippen LogP contribution in [0.3, 0.4) is 0 Å². The molecule has 0 saturated carbocycles. The molecule has 1 aromatic carbocycles. The predicted molar refractivity (Wildman–Crippen MR) is 69.6 cm³/mol. The molecule has 0 amide bonds. The Morgan fingerprint density at radius 1 is 1.22 bits per heavy atom. The van der Waals surface area contributed by atoms with Gasteiger partial charge in [-0.3, -0.25) is 4.79 Å². The van der Waals surface area contributed by atoms with E-state index in [-0.39, 0.29) is 5.92 Å². The van der Waals surface area contributed by atoms with Gasteiger partial charge in [0.05, 0.1) is 5.92 Å². The fraction of sp³-hybridized carbons (Fsp3) is 0.267. The molecule has 0 radical (unpaired) electrons. The summed E-state index contributed by atoms with van der Waals surface area (Å²) in [6, 6.07) is 12.3. The number of carbonyl (C=O) groups is 1. The Balaban J connectivity index is 2.04. The highest BCUT2D eigenvalue weighted by atomic mass is 16.4. The zero-order valence-electron chi connectivity index (χ0n) is 10.3. The standard InChI is InChI=1S/C15H15NO2/c1-10-2-4-11(5-3-10)13-6-7-14-12(15(17)18)8-9-16(13)14/h2-7,12H,8-9H2,1H3,(H,17,18). The largest absolute Gasteiger partial charge is 0.481 e. The van der Waals surface area contributed by atoms with Crippen molar-refractivity contribution in [2.45, 2.75) is 25.8 Å². The van der Waals surface area contributed by atoms with Crippen LogP contribution in [0.1, 0.15) is 23.6 Å². The number of aromatic nitrogens is 1. The average molecular weight is 241 g/mol. The SMILES string of the molecule is Cc1ccc(-c2ccc3n2CCC3C(=O)O)cc1. The van der Waals surface area contributed by atoms with Gasteiger partial charge < -0.3 is 9.67 Å². The van der Waals surface area contributed by atoms with E-state index in [2.05, 4.69) is 35.8 Å². The number of hydrogen-bond acceptors (Lipinski definition) is 1. The molecule has 1 aliphatic rings. The van der Waals surface area contributed by atoms with Gasteiger partial charge in [-0.1, -0.05) is 29.8 Å². The minimum Gasteiger partial charge on any atom is -0.481 e. The lowest BCUT2D eigenvalue weighted by Crippen LogP contribution is -2.07. The van der Waals surface area contributed by atoms with Gasteiger partial charge in [0.15, 0.2) is 0 Å². The average Bonchev–Trinajstić information content (AvgIpc) is 2.90. The van der Waals surface area contributed by atoms with Gasteiger partial charge in [-0.15, -0.1) is 0 Å². The quantitative estimate of drug-likeness (QED) is 0.878. The molecule has 3 nitrogen and oxygen atoms in total. The van der Waals surface area contributed by atoms with Gasteiger partial charge in [-0.25, -0.2) is 0 Å². The molecular formula is C15H15NO2. The van der Waals surface area contributed by atoms with Gasteiger partial charge >= 0.3 is 5.97 Å².